The molecule has 0 amide bonds. The van der Waals surface area contributed by atoms with E-state index in [2.05, 4.69) is 0 Å². The van der Waals surface area contributed by atoms with Crippen molar-refractivity contribution in [3.63, 3.8) is 0 Å². The molecule has 1 aliphatic carbocycles. The fraction of sp³-hybridized carbons (Fsp3) is 0.786. The third-order valence-electron chi connectivity index (χ3n) is 5.52. The zero-order chi connectivity index (χ0) is 14.5. The molecule has 3 heterocycles. The Hall–Kier alpha value is -1.27. The Bertz CT molecular complexity index is 566. The number of Topliss-reactive ketones (excluding diaryl/α,β-unsaturated/α-hetero) is 2. The van der Waals surface area contributed by atoms with E-state index in [0.29, 0.717) is 0 Å². The first-order valence-electron chi connectivity index (χ1n) is 6.87. The SMILES string of the molecule is CC(=O)[C@H]1[C@H]2CC(=O)C[C@@]34OC(=O)[C@@](C)(O3)[C@H]1O[C@@]24C. The lowest BCUT2D eigenvalue weighted by molar-refractivity contribution is -0.344. The Morgan fingerprint density at radius 1 is 1.30 bits per heavy atom. The summed E-state index contributed by atoms with van der Waals surface area (Å²) in [5.41, 5.74) is -2.22. The van der Waals surface area contributed by atoms with Crippen molar-refractivity contribution in [2.75, 3.05) is 0 Å². The maximum Gasteiger partial charge on any atom is 0.343 e. The number of hydrogen-bond acceptors (Lipinski definition) is 6. The molecule has 4 rings (SSSR count). The van der Waals surface area contributed by atoms with E-state index < -0.39 is 35.0 Å². The van der Waals surface area contributed by atoms with Crippen molar-refractivity contribution in [1.82, 2.24) is 0 Å². The van der Waals surface area contributed by atoms with Crippen LogP contribution in [0.3, 0.4) is 0 Å². The molecule has 3 aliphatic heterocycles. The molecule has 6 nitrogen and oxygen atoms in total. The maximum atomic E-state index is 12.2. The quantitative estimate of drug-likeness (QED) is 0.646. The summed E-state index contributed by atoms with van der Waals surface area (Å²) in [4.78, 5) is 36.4. The molecule has 0 unspecified atom stereocenters. The van der Waals surface area contributed by atoms with Crippen molar-refractivity contribution < 1.29 is 28.6 Å². The molecular formula is C14H16O6. The Morgan fingerprint density at radius 3 is 2.65 bits per heavy atom. The minimum atomic E-state index is -1.36. The Balaban J connectivity index is 1.97. The van der Waals surface area contributed by atoms with Crippen LogP contribution in [0.2, 0.25) is 0 Å². The minimum Gasteiger partial charge on any atom is -0.427 e. The van der Waals surface area contributed by atoms with Crippen LogP contribution < -0.4 is 0 Å². The van der Waals surface area contributed by atoms with Crippen LogP contribution in [-0.4, -0.2) is 40.6 Å². The van der Waals surface area contributed by atoms with Gasteiger partial charge in [0.2, 0.25) is 0 Å². The first-order chi connectivity index (χ1) is 9.23. The molecule has 1 saturated carbocycles. The van der Waals surface area contributed by atoms with Crippen molar-refractivity contribution in [3.05, 3.63) is 0 Å². The first kappa shape index (κ1) is 12.5. The number of ether oxygens (including phenoxy) is 3. The average molecular weight is 280 g/mol. The van der Waals surface area contributed by atoms with Gasteiger partial charge >= 0.3 is 5.97 Å². The Morgan fingerprint density at radius 2 is 2.00 bits per heavy atom. The fourth-order valence-electron chi connectivity index (χ4n) is 4.48. The predicted octanol–water partition coefficient (Wildman–Crippen LogP) is 0.370. The molecule has 4 fully saturated rings. The third kappa shape index (κ3) is 1.05. The molecule has 4 aliphatic rings. The predicted molar refractivity (Wildman–Crippen MR) is 63.5 cm³/mol. The number of carbonyl (C=O) groups excluding carboxylic acids is 3. The zero-order valence-corrected chi connectivity index (χ0v) is 11.6. The lowest BCUT2D eigenvalue weighted by Gasteiger charge is -2.49. The van der Waals surface area contributed by atoms with Gasteiger partial charge in [-0.25, -0.2) is 4.79 Å². The van der Waals surface area contributed by atoms with Gasteiger partial charge < -0.3 is 14.2 Å². The van der Waals surface area contributed by atoms with Gasteiger partial charge in [-0.2, -0.15) is 0 Å². The second-order valence-corrected chi connectivity index (χ2v) is 6.66. The van der Waals surface area contributed by atoms with Gasteiger partial charge in [-0.05, 0) is 20.8 Å². The number of fused-ring (bicyclic) bond motifs is 3. The van der Waals surface area contributed by atoms with Crippen molar-refractivity contribution >= 4 is 17.5 Å². The highest BCUT2D eigenvalue weighted by atomic mass is 16.8. The number of carbonyl (C=O) groups is 3. The van der Waals surface area contributed by atoms with Crippen molar-refractivity contribution in [2.24, 2.45) is 11.8 Å². The standard InChI is InChI=1S/C14H16O6/c1-6(15)9-8-4-7(16)5-14-13(8,3)18-10(9)12(2,20-14)11(17)19-14/h8-10H,4-5H2,1-3H3/t8-,9+,10+,12+,13+,14-/m1/s1. The van der Waals surface area contributed by atoms with E-state index in [-0.39, 0.29) is 30.3 Å². The van der Waals surface area contributed by atoms with E-state index in [1.54, 1.807) is 13.8 Å². The molecule has 0 aromatic carbocycles. The molecule has 1 spiro atoms. The topological polar surface area (TPSA) is 78.9 Å². The molecule has 3 saturated heterocycles. The molecule has 20 heavy (non-hydrogen) atoms. The average Bonchev–Trinajstić information content (AvgIpc) is 2.73. The molecule has 0 aromatic rings. The second-order valence-electron chi connectivity index (χ2n) is 6.66. The van der Waals surface area contributed by atoms with Gasteiger partial charge in [0, 0.05) is 12.3 Å². The maximum absolute atomic E-state index is 12.2. The van der Waals surface area contributed by atoms with Gasteiger partial charge in [0.15, 0.2) is 5.60 Å². The van der Waals surface area contributed by atoms with Crippen LogP contribution >= 0.6 is 0 Å². The summed E-state index contributed by atoms with van der Waals surface area (Å²) in [6.45, 7) is 4.86. The van der Waals surface area contributed by atoms with Gasteiger partial charge in [-0.15, -0.1) is 0 Å². The molecule has 0 radical (unpaired) electrons. The van der Waals surface area contributed by atoms with Crippen LogP contribution in [0.15, 0.2) is 0 Å². The molecule has 108 valence electrons. The van der Waals surface area contributed by atoms with E-state index in [1.165, 1.54) is 6.92 Å². The highest BCUT2D eigenvalue weighted by Crippen LogP contribution is 2.64. The molecule has 0 aromatic heterocycles. The van der Waals surface area contributed by atoms with Crippen LogP contribution in [-0.2, 0) is 28.6 Å². The second kappa shape index (κ2) is 3.14. The summed E-state index contributed by atoms with van der Waals surface area (Å²) in [7, 11) is 0. The van der Waals surface area contributed by atoms with E-state index in [1.807, 2.05) is 0 Å². The Labute approximate surface area is 115 Å². The zero-order valence-electron chi connectivity index (χ0n) is 11.6. The Kier molecular flexibility index (Phi) is 1.96. The van der Waals surface area contributed by atoms with Gasteiger partial charge in [0.05, 0.1) is 12.3 Å². The summed E-state index contributed by atoms with van der Waals surface area (Å²) >= 11 is 0. The lowest BCUT2D eigenvalue weighted by Crippen LogP contribution is -2.64. The minimum absolute atomic E-state index is 0.00131. The van der Waals surface area contributed by atoms with E-state index in [9.17, 15) is 14.4 Å². The van der Waals surface area contributed by atoms with Crippen LogP contribution in [0.25, 0.3) is 0 Å². The number of esters is 1. The summed E-state index contributed by atoms with van der Waals surface area (Å²) in [5, 5.41) is 0. The highest BCUT2D eigenvalue weighted by Gasteiger charge is 2.82. The molecule has 4 bridgehead atoms. The molecule has 6 atom stereocenters. The van der Waals surface area contributed by atoms with Crippen LogP contribution in [0.4, 0.5) is 0 Å². The monoisotopic (exact) mass is 280 g/mol. The fourth-order valence-corrected chi connectivity index (χ4v) is 4.48. The van der Waals surface area contributed by atoms with Gasteiger partial charge in [-0.3, -0.25) is 9.59 Å². The van der Waals surface area contributed by atoms with Crippen molar-refractivity contribution in [3.8, 4) is 0 Å². The van der Waals surface area contributed by atoms with E-state index in [4.69, 9.17) is 14.2 Å². The van der Waals surface area contributed by atoms with Gasteiger partial charge in [0.1, 0.15) is 23.3 Å². The summed E-state index contributed by atoms with van der Waals surface area (Å²) in [6, 6.07) is 0. The summed E-state index contributed by atoms with van der Waals surface area (Å²) in [5.74, 6) is -2.81. The number of rotatable bonds is 1. The number of ketones is 2. The number of hydrogen-bond donors (Lipinski definition) is 0. The first-order valence-corrected chi connectivity index (χ1v) is 6.87. The van der Waals surface area contributed by atoms with E-state index in [0.717, 1.165) is 0 Å². The normalized spacial score (nSPS) is 55.9. The van der Waals surface area contributed by atoms with Gasteiger partial charge in [0.25, 0.3) is 5.79 Å². The third-order valence-corrected chi connectivity index (χ3v) is 5.52. The van der Waals surface area contributed by atoms with Crippen molar-refractivity contribution in [1.29, 1.82) is 0 Å². The van der Waals surface area contributed by atoms with E-state index >= 15 is 0 Å². The smallest absolute Gasteiger partial charge is 0.343 e. The highest BCUT2D eigenvalue weighted by molar-refractivity contribution is 5.91. The largest absolute Gasteiger partial charge is 0.427 e. The summed E-state index contributed by atoms with van der Waals surface area (Å²) < 4.78 is 17.5. The molecular weight excluding hydrogens is 264 g/mol. The molecule has 0 N–H and O–H groups in total. The van der Waals surface area contributed by atoms with Gasteiger partial charge in [-0.1, -0.05) is 0 Å². The van der Waals surface area contributed by atoms with Crippen LogP contribution in [0, 0.1) is 11.8 Å². The van der Waals surface area contributed by atoms with Crippen LogP contribution in [0.1, 0.15) is 33.6 Å². The van der Waals surface area contributed by atoms with Crippen molar-refractivity contribution in [2.45, 2.75) is 56.7 Å². The lowest BCUT2D eigenvalue weighted by atomic mass is 9.66. The molecule has 6 heteroatoms. The summed E-state index contributed by atoms with van der Waals surface area (Å²) in [6.07, 6.45) is -0.404. The van der Waals surface area contributed by atoms with Crippen LogP contribution in [0.5, 0.6) is 0 Å².